The van der Waals surface area contributed by atoms with E-state index >= 15 is 0 Å². The number of carbonyl (C=O) groups excluding carboxylic acids is 1. The SMILES string of the molecule is COc1cc(C(=O)/C=C/c2cc(C3=CC=CC3)ccc2O)ccc1OCC1=CC=IC=C1. The first-order valence-corrected chi connectivity index (χ1v) is 12.7. The van der Waals surface area contributed by atoms with Crippen molar-refractivity contribution < 1.29 is 19.4 Å². The van der Waals surface area contributed by atoms with E-state index in [0.717, 1.165) is 17.6 Å². The molecule has 4 nitrogen and oxygen atoms in total. The van der Waals surface area contributed by atoms with E-state index in [0.29, 0.717) is 29.2 Å². The number of ketones is 1. The molecule has 5 heteroatoms. The standard InChI is InChI=1S/C27H23IO4/c1-31-27-17-23(8-11-26(27)32-18-19-12-14-28-15-13-19)25(30)10-7-22-16-21(6-9-24(22)29)20-4-2-3-5-20/h2-4,6-17,29H,5,18H2,1H3/b10-7+. The fraction of sp³-hybridized carbons (Fsp3) is 0.111. The molecule has 1 aliphatic carbocycles. The van der Waals surface area contributed by atoms with Crippen LogP contribution in [0, 0.1) is 0 Å². The molecule has 0 amide bonds. The van der Waals surface area contributed by atoms with Gasteiger partial charge in [-0.15, -0.1) is 0 Å². The third kappa shape index (κ3) is 5.34. The van der Waals surface area contributed by atoms with Crippen LogP contribution in [0.25, 0.3) is 11.6 Å². The molecular formula is C27H23IO4. The van der Waals surface area contributed by atoms with Crippen molar-refractivity contribution in [2.45, 2.75) is 6.42 Å². The molecule has 4 rings (SSSR count). The van der Waals surface area contributed by atoms with Crippen LogP contribution in [0.5, 0.6) is 17.2 Å². The highest BCUT2D eigenvalue weighted by Gasteiger charge is 2.11. The lowest BCUT2D eigenvalue weighted by Crippen LogP contribution is -2.03. The molecule has 0 aromatic heterocycles. The van der Waals surface area contributed by atoms with Gasteiger partial charge in [-0.1, -0.05) is 45.0 Å². The number of carbonyl (C=O) groups is 1. The van der Waals surface area contributed by atoms with Gasteiger partial charge in [0.15, 0.2) is 17.3 Å². The Morgan fingerprint density at radius 3 is 2.81 bits per heavy atom. The summed E-state index contributed by atoms with van der Waals surface area (Å²) in [7, 11) is 1.56. The van der Waals surface area contributed by atoms with Crippen molar-refractivity contribution in [3.8, 4) is 17.2 Å². The highest BCUT2D eigenvalue weighted by molar-refractivity contribution is 14.2. The predicted molar refractivity (Wildman–Crippen MR) is 139 cm³/mol. The first-order chi connectivity index (χ1) is 15.6. The molecular weight excluding hydrogens is 515 g/mol. The average molecular weight is 538 g/mol. The number of allylic oxidation sites excluding steroid dienone is 6. The molecule has 2 aromatic rings. The molecule has 162 valence electrons. The van der Waals surface area contributed by atoms with Gasteiger partial charge in [0.05, 0.1) is 7.11 Å². The second kappa shape index (κ2) is 10.4. The van der Waals surface area contributed by atoms with Gasteiger partial charge < -0.3 is 14.6 Å². The number of phenolic OH excluding ortho intramolecular Hbond substituents is 1. The maximum Gasteiger partial charge on any atom is 0.185 e. The number of ether oxygens (including phenoxy) is 2. The fourth-order valence-electron chi connectivity index (χ4n) is 3.34. The highest BCUT2D eigenvalue weighted by Crippen LogP contribution is 2.30. The van der Waals surface area contributed by atoms with E-state index in [-0.39, 0.29) is 32.3 Å². The summed E-state index contributed by atoms with van der Waals surface area (Å²) in [5, 5.41) is 10.2. The Morgan fingerprint density at radius 1 is 1.16 bits per heavy atom. The summed E-state index contributed by atoms with van der Waals surface area (Å²) in [6.45, 7) is 0.446. The van der Waals surface area contributed by atoms with Crippen molar-refractivity contribution in [2.24, 2.45) is 0 Å². The molecule has 1 N–H and O–H groups in total. The molecule has 0 bridgehead atoms. The van der Waals surface area contributed by atoms with Crippen molar-refractivity contribution in [3.63, 3.8) is 0 Å². The fourth-order valence-corrected chi connectivity index (χ4v) is 4.92. The molecule has 0 atom stereocenters. The molecule has 1 heterocycles. The van der Waals surface area contributed by atoms with Crippen molar-refractivity contribution in [1.29, 1.82) is 0 Å². The summed E-state index contributed by atoms with van der Waals surface area (Å²) in [6, 6.07) is 10.6. The Kier molecular flexibility index (Phi) is 7.17. The molecule has 0 radical (unpaired) electrons. The zero-order chi connectivity index (χ0) is 22.3. The summed E-state index contributed by atoms with van der Waals surface area (Å²) in [4.78, 5) is 12.7. The van der Waals surface area contributed by atoms with Crippen LogP contribution in [0.2, 0.25) is 0 Å². The minimum Gasteiger partial charge on any atom is -0.507 e. The summed E-state index contributed by atoms with van der Waals surface area (Å²) < 4.78 is 15.7. The number of phenols is 1. The number of halogens is 1. The van der Waals surface area contributed by atoms with Crippen molar-refractivity contribution in [1.82, 2.24) is 0 Å². The van der Waals surface area contributed by atoms with E-state index in [9.17, 15) is 9.90 Å². The number of methoxy groups -OCH3 is 1. The van der Waals surface area contributed by atoms with Gasteiger partial charge in [0.25, 0.3) is 0 Å². The zero-order valence-corrected chi connectivity index (χ0v) is 19.8. The molecule has 2 aromatic carbocycles. The summed E-state index contributed by atoms with van der Waals surface area (Å²) in [5.41, 5.74) is 4.41. The molecule has 0 spiro atoms. The molecule has 32 heavy (non-hydrogen) atoms. The van der Waals surface area contributed by atoms with Crippen molar-refractivity contribution in [2.75, 3.05) is 13.7 Å². The van der Waals surface area contributed by atoms with E-state index in [1.165, 1.54) is 11.6 Å². The van der Waals surface area contributed by atoms with E-state index in [4.69, 9.17) is 9.47 Å². The lowest BCUT2D eigenvalue weighted by molar-refractivity contribution is 0.104. The Hall–Kier alpha value is -3.19. The van der Waals surface area contributed by atoms with Gasteiger partial charge in [0.2, 0.25) is 0 Å². The van der Waals surface area contributed by atoms with E-state index in [1.807, 2.05) is 18.2 Å². The van der Waals surface area contributed by atoms with Crippen LogP contribution in [0.4, 0.5) is 0 Å². The van der Waals surface area contributed by atoms with E-state index in [1.54, 1.807) is 37.5 Å². The van der Waals surface area contributed by atoms with Crippen LogP contribution >= 0.6 is 20.7 Å². The number of benzene rings is 2. The van der Waals surface area contributed by atoms with Gasteiger partial charge in [-0.05, 0) is 85.9 Å². The largest absolute Gasteiger partial charge is 0.507 e. The Labute approximate surface area is 197 Å². The van der Waals surface area contributed by atoms with Gasteiger partial charge >= 0.3 is 0 Å². The highest BCUT2D eigenvalue weighted by atomic mass is 127. The summed E-state index contributed by atoms with van der Waals surface area (Å²) >= 11 is 0.0440. The first-order valence-electron chi connectivity index (χ1n) is 10.2. The van der Waals surface area contributed by atoms with Gasteiger partial charge in [0.1, 0.15) is 12.4 Å². The maximum atomic E-state index is 12.7. The molecule has 0 saturated heterocycles. The van der Waals surface area contributed by atoms with Crippen LogP contribution in [-0.4, -0.2) is 28.6 Å². The normalized spacial score (nSPS) is 14.8. The molecule has 0 fully saturated rings. The van der Waals surface area contributed by atoms with Crippen LogP contribution in [0.15, 0.2) is 82.5 Å². The number of hydrogen-bond acceptors (Lipinski definition) is 4. The molecule has 0 unspecified atom stereocenters. The Bertz CT molecular complexity index is 1210. The Morgan fingerprint density at radius 2 is 2.06 bits per heavy atom. The van der Waals surface area contributed by atoms with Crippen molar-refractivity contribution >= 4 is 42.2 Å². The topological polar surface area (TPSA) is 55.8 Å². The Balaban J connectivity index is 1.48. The lowest BCUT2D eigenvalue weighted by Gasteiger charge is -2.12. The van der Waals surface area contributed by atoms with Gasteiger partial charge in [-0.2, -0.15) is 0 Å². The maximum absolute atomic E-state index is 12.7. The molecule has 0 saturated carbocycles. The minimum atomic E-state index is -0.183. The van der Waals surface area contributed by atoms with Crippen LogP contribution in [-0.2, 0) is 0 Å². The second-order valence-corrected chi connectivity index (χ2v) is 9.39. The van der Waals surface area contributed by atoms with E-state index < -0.39 is 0 Å². The predicted octanol–water partition coefficient (Wildman–Crippen LogP) is 6.25. The van der Waals surface area contributed by atoms with Crippen LogP contribution in [0.3, 0.4) is 0 Å². The monoisotopic (exact) mass is 538 g/mol. The van der Waals surface area contributed by atoms with Gasteiger partial charge in [0, 0.05) is 11.1 Å². The quantitative estimate of drug-likeness (QED) is 0.246. The lowest BCUT2D eigenvalue weighted by atomic mass is 10.0. The second-order valence-electron chi connectivity index (χ2n) is 7.24. The molecule has 2 aliphatic rings. The first kappa shape index (κ1) is 22.0. The minimum absolute atomic E-state index is 0.0440. The number of hydrogen-bond donors (Lipinski definition) is 1. The average Bonchev–Trinajstić information content (AvgIpc) is 3.37. The molecule has 1 aliphatic heterocycles. The zero-order valence-electron chi connectivity index (χ0n) is 17.6. The van der Waals surface area contributed by atoms with Crippen molar-refractivity contribution in [3.05, 3.63) is 99.2 Å². The third-order valence-electron chi connectivity index (χ3n) is 5.13. The third-order valence-corrected chi connectivity index (χ3v) is 6.68. The van der Waals surface area contributed by atoms with E-state index in [2.05, 4.69) is 32.4 Å². The van der Waals surface area contributed by atoms with Gasteiger partial charge in [-0.25, -0.2) is 0 Å². The smallest absolute Gasteiger partial charge is 0.185 e. The summed E-state index contributed by atoms with van der Waals surface area (Å²) in [5.74, 6) is 1.05. The number of rotatable bonds is 8. The summed E-state index contributed by atoms with van der Waals surface area (Å²) in [6.07, 6.45) is 14.3. The van der Waals surface area contributed by atoms with Crippen LogP contribution in [0.1, 0.15) is 27.9 Å². The van der Waals surface area contributed by atoms with Crippen LogP contribution < -0.4 is 9.47 Å². The van der Waals surface area contributed by atoms with Gasteiger partial charge in [-0.3, -0.25) is 4.79 Å². The number of aromatic hydroxyl groups is 1.